The molecule has 6 heteroatoms. The lowest BCUT2D eigenvalue weighted by atomic mass is 10.1. The van der Waals surface area contributed by atoms with Crippen molar-refractivity contribution in [2.45, 2.75) is 26.4 Å². The minimum atomic E-state index is 0.321. The van der Waals surface area contributed by atoms with Crippen molar-refractivity contribution in [2.24, 2.45) is 5.16 Å². The molecule has 0 aliphatic heterocycles. The Morgan fingerprint density at radius 2 is 1.92 bits per heavy atom. The molecule has 0 amide bonds. The molecule has 0 unspecified atom stereocenters. The zero-order valence-electron chi connectivity index (χ0n) is 13.6. The van der Waals surface area contributed by atoms with Gasteiger partial charge in [0.1, 0.15) is 6.61 Å². The molecule has 0 aromatic heterocycles. The lowest BCUT2D eigenvalue weighted by Gasteiger charge is -2.13. The molecule has 24 heavy (non-hydrogen) atoms. The number of benzene rings is 2. The van der Waals surface area contributed by atoms with E-state index in [1.807, 2.05) is 24.3 Å². The summed E-state index contributed by atoms with van der Waals surface area (Å²) >= 11 is 12.0. The van der Waals surface area contributed by atoms with E-state index in [-0.39, 0.29) is 0 Å². The van der Waals surface area contributed by atoms with Gasteiger partial charge in [-0.05, 0) is 49.6 Å². The van der Waals surface area contributed by atoms with Gasteiger partial charge < -0.3 is 14.7 Å². The SMILES string of the molecule is COc1cc(CC/C(C)=N\O)ccc1OCc1ccc(Cl)cc1Cl. The van der Waals surface area contributed by atoms with Gasteiger partial charge in [-0.25, -0.2) is 0 Å². The number of hydrogen-bond acceptors (Lipinski definition) is 4. The largest absolute Gasteiger partial charge is 0.493 e. The molecule has 128 valence electrons. The van der Waals surface area contributed by atoms with E-state index in [0.29, 0.717) is 40.3 Å². The summed E-state index contributed by atoms with van der Waals surface area (Å²) in [5.41, 5.74) is 2.61. The van der Waals surface area contributed by atoms with Crippen molar-refractivity contribution in [3.05, 3.63) is 57.6 Å². The smallest absolute Gasteiger partial charge is 0.161 e. The van der Waals surface area contributed by atoms with Crippen LogP contribution in [0.3, 0.4) is 0 Å². The molecule has 2 aromatic carbocycles. The van der Waals surface area contributed by atoms with Gasteiger partial charge in [-0.2, -0.15) is 0 Å². The van der Waals surface area contributed by atoms with E-state index in [9.17, 15) is 0 Å². The van der Waals surface area contributed by atoms with E-state index in [4.69, 9.17) is 37.9 Å². The van der Waals surface area contributed by atoms with Crippen molar-refractivity contribution in [2.75, 3.05) is 7.11 Å². The monoisotopic (exact) mass is 367 g/mol. The molecule has 2 rings (SSSR count). The maximum atomic E-state index is 8.70. The molecule has 0 bridgehead atoms. The molecule has 0 aliphatic carbocycles. The third kappa shape index (κ3) is 5.05. The van der Waals surface area contributed by atoms with Crippen LogP contribution >= 0.6 is 23.2 Å². The molecule has 0 spiro atoms. The van der Waals surface area contributed by atoms with Gasteiger partial charge in [-0.1, -0.05) is 40.5 Å². The first-order chi connectivity index (χ1) is 11.5. The molecule has 0 atom stereocenters. The second-order valence-corrected chi connectivity index (χ2v) is 6.19. The average molecular weight is 368 g/mol. The van der Waals surface area contributed by atoms with Crippen molar-refractivity contribution in [1.29, 1.82) is 0 Å². The Hall–Kier alpha value is -1.91. The quantitative estimate of drug-likeness (QED) is 0.406. The Labute approximate surface area is 151 Å². The van der Waals surface area contributed by atoms with Crippen LogP contribution in [0.25, 0.3) is 0 Å². The van der Waals surface area contributed by atoms with Gasteiger partial charge in [0.25, 0.3) is 0 Å². The topological polar surface area (TPSA) is 51.0 Å². The molecule has 0 heterocycles. The summed E-state index contributed by atoms with van der Waals surface area (Å²) in [6.45, 7) is 2.10. The van der Waals surface area contributed by atoms with Gasteiger partial charge in [0, 0.05) is 15.6 Å². The summed E-state index contributed by atoms with van der Waals surface area (Å²) in [5.74, 6) is 1.29. The van der Waals surface area contributed by atoms with Crippen LogP contribution in [0, 0.1) is 0 Å². The van der Waals surface area contributed by atoms with Gasteiger partial charge in [-0.15, -0.1) is 0 Å². The first kappa shape index (κ1) is 18.4. The third-order valence-corrected chi connectivity index (χ3v) is 4.16. The zero-order chi connectivity index (χ0) is 17.5. The Bertz CT molecular complexity index is 732. The summed E-state index contributed by atoms with van der Waals surface area (Å²) in [7, 11) is 1.60. The van der Waals surface area contributed by atoms with Gasteiger partial charge in [0.2, 0.25) is 0 Å². The summed E-state index contributed by atoms with van der Waals surface area (Å²) in [6, 6.07) is 11.0. The van der Waals surface area contributed by atoms with E-state index in [1.54, 1.807) is 26.2 Å². The van der Waals surface area contributed by atoms with E-state index < -0.39 is 0 Å². The van der Waals surface area contributed by atoms with Crippen molar-refractivity contribution >= 4 is 28.9 Å². The predicted molar refractivity (Wildman–Crippen MR) is 97.0 cm³/mol. The molecule has 1 N–H and O–H groups in total. The molecule has 0 fully saturated rings. The van der Waals surface area contributed by atoms with E-state index in [1.165, 1.54) is 0 Å². The predicted octanol–water partition coefficient (Wildman–Crippen LogP) is 5.36. The molecule has 0 saturated heterocycles. The molecular weight excluding hydrogens is 349 g/mol. The summed E-state index contributed by atoms with van der Waals surface area (Å²) in [4.78, 5) is 0. The molecular formula is C18H19Cl2NO3. The van der Waals surface area contributed by atoms with Crippen LogP contribution < -0.4 is 9.47 Å². The van der Waals surface area contributed by atoms with Crippen molar-refractivity contribution in [3.63, 3.8) is 0 Å². The van der Waals surface area contributed by atoms with Gasteiger partial charge in [-0.3, -0.25) is 0 Å². The zero-order valence-corrected chi connectivity index (χ0v) is 15.1. The number of ether oxygens (including phenoxy) is 2. The number of rotatable bonds is 7. The first-order valence-electron chi connectivity index (χ1n) is 7.44. The highest BCUT2D eigenvalue weighted by Crippen LogP contribution is 2.30. The first-order valence-corrected chi connectivity index (χ1v) is 8.20. The van der Waals surface area contributed by atoms with Crippen LogP contribution in [-0.2, 0) is 13.0 Å². The van der Waals surface area contributed by atoms with Gasteiger partial charge in [0.05, 0.1) is 12.8 Å². The standard InChI is InChI=1S/C18H19Cl2NO3/c1-12(21-22)3-4-13-5-8-17(18(9-13)23-2)24-11-14-6-7-15(19)10-16(14)20/h5-10,22H,3-4,11H2,1-2H3/b21-12-. The number of nitrogens with zero attached hydrogens (tertiary/aromatic N) is 1. The number of hydrogen-bond donors (Lipinski definition) is 1. The van der Waals surface area contributed by atoms with Gasteiger partial charge in [0.15, 0.2) is 11.5 Å². The number of methoxy groups -OCH3 is 1. The van der Waals surface area contributed by atoms with E-state index >= 15 is 0 Å². The fourth-order valence-electron chi connectivity index (χ4n) is 2.16. The minimum absolute atomic E-state index is 0.321. The Kier molecular flexibility index (Phi) is 6.76. The molecule has 2 aromatic rings. The highest BCUT2D eigenvalue weighted by Gasteiger charge is 2.08. The Morgan fingerprint density at radius 1 is 1.12 bits per heavy atom. The highest BCUT2D eigenvalue weighted by atomic mass is 35.5. The molecule has 4 nitrogen and oxygen atoms in total. The molecule has 0 saturated carbocycles. The van der Waals surface area contributed by atoms with Crippen LogP contribution in [-0.4, -0.2) is 18.0 Å². The molecule has 0 radical (unpaired) electrons. The Morgan fingerprint density at radius 3 is 2.58 bits per heavy atom. The summed E-state index contributed by atoms with van der Waals surface area (Å²) in [5, 5.41) is 13.0. The Balaban J connectivity index is 2.07. The minimum Gasteiger partial charge on any atom is -0.493 e. The number of aryl methyl sites for hydroxylation is 1. The van der Waals surface area contributed by atoms with Crippen LogP contribution in [0.4, 0.5) is 0 Å². The maximum Gasteiger partial charge on any atom is 0.161 e. The second-order valence-electron chi connectivity index (χ2n) is 5.34. The van der Waals surface area contributed by atoms with Crippen molar-refractivity contribution in [1.82, 2.24) is 0 Å². The normalized spacial score (nSPS) is 11.4. The lowest BCUT2D eigenvalue weighted by Crippen LogP contribution is -2.00. The maximum absolute atomic E-state index is 8.70. The van der Waals surface area contributed by atoms with E-state index in [2.05, 4.69) is 5.16 Å². The second kappa shape index (κ2) is 8.81. The van der Waals surface area contributed by atoms with Crippen molar-refractivity contribution < 1.29 is 14.7 Å². The van der Waals surface area contributed by atoms with Crippen LogP contribution in [0.1, 0.15) is 24.5 Å². The highest BCUT2D eigenvalue weighted by molar-refractivity contribution is 6.35. The fourth-order valence-corrected chi connectivity index (χ4v) is 2.62. The number of halogens is 2. The lowest BCUT2D eigenvalue weighted by molar-refractivity contribution is 0.284. The molecule has 0 aliphatic rings. The van der Waals surface area contributed by atoms with Crippen LogP contribution in [0.5, 0.6) is 11.5 Å². The number of oxime groups is 1. The fraction of sp³-hybridized carbons (Fsp3) is 0.278. The van der Waals surface area contributed by atoms with E-state index in [0.717, 1.165) is 17.5 Å². The van der Waals surface area contributed by atoms with Crippen molar-refractivity contribution in [3.8, 4) is 11.5 Å². The summed E-state index contributed by atoms with van der Waals surface area (Å²) < 4.78 is 11.2. The van der Waals surface area contributed by atoms with Gasteiger partial charge >= 0.3 is 0 Å². The average Bonchev–Trinajstić information content (AvgIpc) is 2.59. The third-order valence-electron chi connectivity index (χ3n) is 3.57. The van der Waals surface area contributed by atoms with Crippen LogP contribution in [0.2, 0.25) is 10.0 Å². The summed E-state index contributed by atoms with van der Waals surface area (Å²) in [6.07, 6.45) is 1.44. The van der Waals surface area contributed by atoms with Crippen LogP contribution in [0.15, 0.2) is 41.6 Å².